The van der Waals surface area contributed by atoms with E-state index in [9.17, 15) is 14.7 Å². The molecule has 1 unspecified atom stereocenters. The standard InChI is InChI=1S/C17H19NO5/c1-10-5-13-12(8-23-14(13)6-11(10)2)7-15(19)18-17(16(20)21)3-4-22-9-17/h5-6,8H,3-4,7,9H2,1-2H3,(H,18,19)(H,20,21). The van der Waals surface area contributed by atoms with E-state index in [1.807, 2.05) is 26.0 Å². The van der Waals surface area contributed by atoms with Crippen molar-refractivity contribution in [2.24, 2.45) is 0 Å². The van der Waals surface area contributed by atoms with Crippen molar-refractivity contribution in [2.75, 3.05) is 13.2 Å². The van der Waals surface area contributed by atoms with Crippen LogP contribution in [0.2, 0.25) is 0 Å². The van der Waals surface area contributed by atoms with Gasteiger partial charge in [0.25, 0.3) is 0 Å². The van der Waals surface area contributed by atoms with Crippen LogP contribution in [-0.2, 0) is 20.7 Å². The van der Waals surface area contributed by atoms with E-state index in [4.69, 9.17) is 9.15 Å². The van der Waals surface area contributed by atoms with Gasteiger partial charge in [0.2, 0.25) is 5.91 Å². The predicted molar refractivity (Wildman–Crippen MR) is 83.3 cm³/mol. The van der Waals surface area contributed by atoms with Crippen LogP contribution in [0.15, 0.2) is 22.8 Å². The molecule has 2 heterocycles. The zero-order chi connectivity index (χ0) is 16.6. The van der Waals surface area contributed by atoms with Crippen molar-refractivity contribution in [2.45, 2.75) is 32.2 Å². The lowest BCUT2D eigenvalue weighted by molar-refractivity contribution is -0.147. The van der Waals surface area contributed by atoms with Crippen molar-refractivity contribution >= 4 is 22.8 Å². The van der Waals surface area contributed by atoms with Crippen LogP contribution in [0.25, 0.3) is 11.0 Å². The molecule has 1 amide bonds. The molecule has 2 aromatic rings. The molecule has 0 saturated carbocycles. The first kappa shape index (κ1) is 15.6. The fraction of sp³-hybridized carbons (Fsp3) is 0.412. The average molecular weight is 317 g/mol. The maximum Gasteiger partial charge on any atom is 0.331 e. The maximum absolute atomic E-state index is 12.3. The number of ether oxygens (including phenoxy) is 1. The van der Waals surface area contributed by atoms with Crippen LogP contribution in [0.5, 0.6) is 0 Å². The van der Waals surface area contributed by atoms with Crippen LogP contribution in [-0.4, -0.2) is 35.7 Å². The Hall–Kier alpha value is -2.34. The van der Waals surface area contributed by atoms with Gasteiger partial charge in [-0.1, -0.05) is 0 Å². The van der Waals surface area contributed by atoms with Crippen LogP contribution >= 0.6 is 0 Å². The van der Waals surface area contributed by atoms with Crippen molar-refractivity contribution < 1.29 is 23.8 Å². The molecule has 2 N–H and O–H groups in total. The molecule has 23 heavy (non-hydrogen) atoms. The number of furan rings is 1. The average Bonchev–Trinajstić information content (AvgIpc) is 3.09. The summed E-state index contributed by atoms with van der Waals surface area (Å²) in [5.74, 6) is -1.41. The quantitative estimate of drug-likeness (QED) is 0.900. The molecule has 1 atom stereocenters. The van der Waals surface area contributed by atoms with Gasteiger partial charge in [0, 0.05) is 24.0 Å². The molecule has 1 aromatic heterocycles. The molecule has 0 bridgehead atoms. The minimum Gasteiger partial charge on any atom is -0.479 e. The minimum atomic E-state index is -1.32. The zero-order valence-corrected chi connectivity index (χ0v) is 13.1. The number of aliphatic carboxylic acids is 1. The van der Waals surface area contributed by atoms with Crippen molar-refractivity contribution in [3.63, 3.8) is 0 Å². The lowest BCUT2D eigenvalue weighted by Gasteiger charge is -2.23. The Morgan fingerprint density at radius 2 is 2.04 bits per heavy atom. The summed E-state index contributed by atoms with van der Waals surface area (Å²) >= 11 is 0. The normalized spacial score (nSPS) is 20.8. The molecule has 6 nitrogen and oxygen atoms in total. The molecule has 6 heteroatoms. The highest BCUT2D eigenvalue weighted by atomic mass is 16.5. The summed E-state index contributed by atoms with van der Waals surface area (Å²) in [5, 5.41) is 12.9. The van der Waals surface area contributed by atoms with E-state index in [0.717, 1.165) is 27.7 Å². The molecule has 0 aliphatic carbocycles. The number of fused-ring (bicyclic) bond motifs is 1. The largest absolute Gasteiger partial charge is 0.479 e. The predicted octanol–water partition coefficient (Wildman–Crippen LogP) is 1.95. The smallest absolute Gasteiger partial charge is 0.331 e. The van der Waals surface area contributed by atoms with Gasteiger partial charge in [0.1, 0.15) is 5.58 Å². The maximum atomic E-state index is 12.3. The van der Waals surface area contributed by atoms with Crippen LogP contribution in [0, 0.1) is 13.8 Å². The summed E-state index contributed by atoms with van der Waals surface area (Å²) < 4.78 is 10.7. The Morgan fingerprint density at radius 1 is 1.30 bits per heavy atom. The molecular weight excluding hydrogens is 298 g/mol. The third-order valence-electron chi connectivity index (χ3n) is 4.43. The molecule has 1 aromatic carbocycles. The molecule has 1 aliphatic heterocycles. The van der Waals surface area contributed by atoms with E-state index >= 15 is 0 Å². The number of benzene rings is 1. The summed E-state index contributed by atoms with van der Waals surface area (Å²) in [6.45, 7) is 4.33. The fourth-order valence-corrected chi connectivity index (χ4v) is 2.84. The van der Waals surface area contributed by atoms with Crippen LogP contribution in [0.1, 0.15) is 23.1 Å². The fourth-order valence-electron chi connectivity index (χ4n) is 2.84. The van der Waals surface area contributed by atoms with E-state index < -0.39 is 11.5 Å². The number of carboxylic acid groups (broad SMARTS) is 1. The number of rotatable bonds is 4. The number of nitrogens with one attached hydrogen (secondary N) is 1. The van der Waals surface area contributed by atoms with Gasteiger partial charge in [0.05, 0.1) is 19.3 Å². The zero-order valence-electron chi connectivity index (χ0n) is 13.1. The Balaban J connectivity index is 1.80. The van der Waals surface area contributed by atoms with Gasteiger partial charge >= 0.3 is 5.97 Å². The molecule has 1 saturated heterocycles. The first-order chi connectivity index (χ1) is 10.9. The van der Waals surface area contributed by atoms with Crippen LogP contribution < -0.4 is 5.32 Å². The molecule has 3 rings (SSSR count). The molecular formula is C17H19NO5. The molecule has 0 radical (unpaired) electrons. The Bertz CT molecular complexity index is 771. The summed E-state index contributed by atoms with van der Waals surface area (Å²) in [6.07, 6.45) is 1.91. The van der Waals surface area contributed by atoms with E-state index in [1.165, 1.54) is 0 Å². The highest BCUT2D eigenvalue weighted by Gasteiger charge is 2.43. The summed E-state index contributed by atoms with van der Waals surface area (Å²) in [5.41, 5.74) is 2.40. The van der Waals surface area contributed by atoms with Crippen molar-refractivity contribution in [1.82, 2.24) is 5.32 Å². The van der Waals surface area contributed by atoms with Gasteiger partial charge in [-0.3, -0.25) is 4.79 Å². The minimum absolute atomic E-state index is 0.00148. The number of hydrogen-bond acceptors (Lipinski definition) is 4. The number of hydrogen-bond donors (Lipinski definition) is 2. The second-order valence-electron chi connectivity index (χ2n) is 6.11. The van der Waals surface area contributed by atoms with Gasteiger partial charge in [-0.2, -0.15) is 0 Å². The van der Waals surface area contributed by atoms with Gasteiger partial charge in [-0.15, -0.1) is 0 Å². The highest BCUT2D eigenvalue weighted by molar-refractivity contribution is 5.91. The summed E-state index contributed by atoms with van der Waals surface area (Å²) in [4.78, 5) is 23.7. The SMILES string of the molecule is Cc1cc2occ(CC(=O)NC3(C(=O)O)CCOC3)c2cc1C. The first-order valence-corrected chi connectivity index (χ1v) is 7.51. The second-order valence-corrected chi connectivity index (χ2v) is 6.11. The van der Waals surface area contributed by atoms with Gasteiger partial charge in [-0.25, -0.2) is 4.79 Å². The molecule has 1 fully saturated rings. The summed E-state index contributed by atoms with van der Waals surface area (Å²) in [6, 6.07) is 3.93. The van der Waals surface area contributed by atoms with Crippen molar-refractivity contribution in [3.05, 3.63) is 35.1 Å². The van der Waals surface area contributed by atoms with Gasteiger partial charge in [-0.05, 0) is 37.1 Å². The summed E-state index contributed by atoms with van der Waals surface area (Å²) in [7, 11) is 0. The van der Waals surface area contributed by atoms with Crippen molar-refractivity contribution in [3.8, 4) is 0 Å². The number of amides is 1. The Labute approximate surface area is 133 Å². The highest BCUT2D eigenvalue weighted by Crippen LogP contribution is 2.26. The lowest BCUT2D eigenvalue weighted by Crippen LogP contribution is -2.55. The van der Waals surface area contributed by atoms with E-state index in [0.29, 0.717) is 6.61 Å². The third kappa shape index (κ3) is 2.82. The second kappa shape index (κ2) is 5.70. The topological polar surface area (TPSA) is 88.8 Å². The first-order valence-electron chi connectivity index (χ1n) is 7.51. The van der Waals surface area contributed by atoms with E-state index in [-0.39, 0.29) is 25.4 Å². The lowest BCUT2D eigenvalue weighted by atomic mass is 9.98. The van der Waals surface area contributed by atoms with Gasteiger partial charge in [0.15, 0.2) is 5.54 Å². The van der Waals surface area contributed by atoms with Crippen LogP contribution in [0.3, 0.4) is 0 Å². The number of carbonyl (C=O) groups excluding carboxylic acids is 1. The van der Waals surface area contributed by atoms with Gasteiger partial charge < -0.3 is 19.6 Å². The molecule has 122 valence electrons. The van der Waals surface area contributed by atoms with E-state index in [1.54, 1.807) is 6.26 Å². The van der Waals surface area contributed by atoms with E-state index in [2.05, 4.69) is 5.32 Å². The Morgan fingerprint density at radius 3 is 2.70 bits per heavy atom. The molecule has 1 aliphatic rings. The van der Waals surface area contributed by atoms with Crippen LogP contribution in [0.4, 0.5) is 0 Å². The Kier molecular flexibility index (Phi) is 3.85. The number of carboxylic acids is 1. The number of aryl methyl sites for hydroxylation is 2. The number of carbonyl (C=O) groups is 2. The third-order valence-corrected chi connectivity index (χ3v) is 4.43. The monoisotopic (exact) mass is 317 g/mol. The van der Waals surface area contributed by atoms with Crippen molar-refractivity contribution in [1.29, 1.82) is 0 Å². The molecule has 0 spiro atoms.